The maximum Gasteiger partial charge on any atom is 0.216 e. The number of aliphatic imine (C=N–C) groups is 1. The second-order valence-electron chi connectivity index (χ2n) is 6.82. The Morgan fingerprint density at radius 1 is 1.14 bits per heavy atom. The fourth-order valence-corrected chi connectivity index (χ4v) is 3.41. The molecule has 0 radical (unpaired) electrons. The second kappa shape index (κ2) is 8.64. The van der Waals surface area contributed by atoms with E-state index < -0.39 is 0 Å². The van der Waals surface area contributed by atoms with Gasteiger partial charge in [0.05, 0.1) is 6.26 Å². The molecule has 4 aromatic rings. The predicted molar refractivity (Wildman–Crippen MR) is 114 cm³/mol. The summed E-state index contributed by atoms with van der Waals surface area (Å²) in [5.41, 5.74) is 3.79. The Kier molecular flexibility index (Phi) is 5.60. The van der Waals surface area contributed by atoms with Crippen LogP contribution in [0.25, 0.3) is 22.5 Å². The van der Waals surface area contributed by atoms with Crippen LogP contribution in [0, 0.1) is 6.92 Å². The van der Waals surface area contributed by atoms with Crippen molar-refractivity contribution in [2.75, 3.05) is 20.1 Å². The van der Waals surface area contributed by atoms with Gasteiger partial charge in [0, 0.05) is 43.7 Å². The number of nitrogens with one attached hydrogen (secondary N) is 4. The molecule has 8 nitrogen and oxygen atoms in total. The van der Waals surface area contributed by atoms with Gasteiger partial charge in [0.25, 0.3) is 0 Å². The van der Waals surface area contributed by atoms with E-state index in [0.717, 1.165) is 24.7 Å². The molecule has 29 heavy (non-hydrogen) atoms. The van der Waals surface area contributed by atoms with Gasteiger partial charge in [-0.05, 0) is 42.7 Å². The van der Waals surface area contributed by atoms with Crippen LogP contribution < -0.4 is 10.6 Å². The van der Waals surface area contributed by atoms with Gasteiger partial charge in [-0.3, -0.25) is 10.1 Å². The Balaban J connectivity index is 1.25. The monoisotopic (exact) mass is 391 g/mol. The molecule has 0 bridgehead atoms. The molecule has 0 amide bonds. The van der Waals surface area contributed by atoms with Gasteiger partial charge in [-0.1, -0.05) is 12.1 Å². The van der Waals surface area contributed by atoms with Gasteiger partial charge in [-0.2, -0.15) is 5.10 Å². The Morgan fingerprint density at radius 3 is 2.79 bits per heavy atom. The van der Waals surface area contributed by atoms with Crippen LogP contribution in [0.3, 0.4) is 0 Å². The number of aromatic amines is 2. The first-order valence-corrected chi connectivity index (χ1v) is 9.70. The van der Waals surface area contributed by atoms with E-state index in [9.17, 15) is 0 Å². The quantitative estimate of drug-likeness (QED) is 0.286. The van der Waals surface area contributed by atoms with Crippen LogP contribution in [0.5, 0.6) is 0 Å². The lowest BCUT2D eigenvalue weighted by Crippen LogP contribution is -2.39. The van der Waals surface area contributed by atoms with Gasteiger partial charge in [0.15, 0.2) is 11.7 Å². The lowest BCUT2D eigenvalue weighted by Gasteiger charge is -2.11. The summed E-state index contributed by atoms with van der Waals surface area (Å²) < 4.78 is 5.31. The standard InChI is InChI=1S/C21H25N7O/c1-14-5-3-6-16-19(14)15(13-25-16)8-10-23-21(22-2)24-11-9-18-26-20(28-27-18)17-7-4-12-29-17/h3-7,12-13,25H,8-11H2,1-2H3,(H2,22,23,24)(H,26,27,28). The summed E-state index contributed by atoms with van der Waals surface area (Å²) in [5.74, 6) is 2.80. The third-order valence-corrected chi connectivity index (χ3v) is 4.83. The highest BCUT2D eigenvalue weighted by molar-refractivity contribution is 5.86. The fraction of sp³-hybridized carbons (Fsp3) is 0.286. The van der Waals surface area contributed by atoms with Crippen molar-refractivity contribution < 1.29 is 4.42 Å². The average Bonchev–Trinajstić information content (AvgIpc) is 3.48. The Labute approximate surface area is 168 Å². The van der Waals surface area contributed by atoms with Crippen molar-refractivity contribution in [2.24, 2.45) is 4.99 Å². The van der Waals surface area contributed by atoms with Gasteiger partial charge in [0.2, 0.25) is 5.82 Å². The first kappa shape index (κ1) is 18.8. The van der Waals surface area contributed by atoms with E-state index in [1.807, 2.05) is 12.1 Å². The molecule has 0 unspecified atom stereocenters. The first-order valence-electron chi connectivity index (χ1n) is 9.70. The minimum Gasteiger partial charge on any atom is -0.461 e. The van der Waals surface area contributed by atoms with Gasteiger partial charge < -0.3 is 20.0 Å². The molecule has 0 aliphatic carbocycles. The first-order chi connectivity index (χ1) is 14.2. The molecule has 3 heterocycles. The second-order valence-corrected chi connectivity index (χ2v) is 6.82. The van der Waals surface area contributed by atoms with E-state index in [2.05, 4.69) is 67.1 Å². The zero-order valence-corrected chi connectivity index (χ0v) is 16.6. The molecule has 150 valence electrons. The van der Waals surface area contributed by atoms with Crippen LogP contribution in [-0.2, 0) is 12.8 Å². The summed E-state index contributed by atoms with van der Waals surface area (Å²) in [6, 6.07) is 10.00. The molecule has 0 aliphatic rings. The summed E-state index contributed by atoms with van der Waals surface area (Å²) >= 11 is 0. The topological polar surface area (TPSA) is 107 Å². The molecule has 0 atom stereocenters. The minimum absolute atomic E-state index is 0.571. The van der Waals surface area contributed by atoms with E-state index in [4.69, 9.17) is 4.42 Å². The molecular formula is C21H25N7O. The minimum atomic E-state index is 0.571. The van der Waals surface area contributed by atoms with Crippen molar-refractivity contribution in [2.45, 2.75) is 19.8 Å². The van der Waals surface area contributed by atoms with Crippen LogP contribution in [0.1, 0.15) is 17.0 Å². The number of aryl methyl sites for hydroxylation is 1. The van der Waals surface area contributed by atoms with E-state index in [1.54, 1.807) is 13.3 Å². The van der Waals surface area contributed by atoms with E-state index in [1.165, 1.54) is 22.0 Å². The SMILES string of the molecule is CN=C(NCCc1nc(-c2ccco2)n[nH]1)NCCc1c[nH]c2cccc(C)c12. The molecule has 4 N–H and O–H groups in total. The van der Waals surface area contributed by atoms with Gasteiger partial charge in [-0.15, -0.1) is 0 Å². The van der Waals surface area contributed by atoms with Crippen molar-refractivity contribution in [1.29, 1.82) is 0 Å². The number of H-pyrrole nitrogens is 2. The number of fused-ring (bicyclic) bond motifs is 1. The summed E-state index contributed by atoms with van der Waals surface area (Å²) in [6.45, 7) is 3.64. The molecule has 4 rings (SSSR count). The van der Waals surface area contributed by atoms with Crippen molar-refractivity contribution in [1.82, 2.24) is 30.8 Å². The molecule has 0 spiro atoms. The summed E-state index contributed by atoms with van der Waals surface area (Å²) in [6.07, 6.45) is 5.33. The molecular weight excluding hydrogens is 366 g/mol. The normalized spacial score (nSPS) is 11.9. The van der Waals surface area contributed by atoms with E-state index in [-0.39, 0.29) is 0 Å². The Bertz CT molecular complexity index is 1090. The van der Waals surface area contributed by atoms with Crippen molar-refractivity contribution >= 4 is 16.9 Å². The van der Waals surface area contributed by atoms with Crippen molar-refractivity contribution in [3.05, 3.63) is 59.7 Å². The predicted octanol–water partition coefficient (Wildman–Crippen LogP) is 2.80. The molecule has 0 fully saturated rings. The number of nitrogens with zero attached hydrogens (tertiary/aromatic N) is 3. The van der Waals surface area contributed by atoms with Crippen molar-refractivity contribution in [3.63, 3.8) is 0 Å². The third kappa shape index (κ3) is 4.31. The number of furan rings is 1. The maximum atomic E-state index is 5.31. The highest BCUT2D eigenvalue weighted by Gasteiger charge is 2.09. The highest BCUT2D eigenvalue weighted by atomic mass is 16.3. The van der Waals surface area contributed by atoms with Crippen LogP contribution in [-0.4, -0.2) is 46.3 Å². The molecule has 8 heteroatoms. The molecule has 3 aromatic heterocycles. The van der Waals surface area contributed by atoms with Crippen LogP contribution >= 0.6 is 0 Å². The van der Waals surface area contributed by atoms with E-state index in [0.29, 0.717) is 24.6 Å². The Morgan fingerprint density at radius 2 is 2.00 bits per heavy atom. The maximum absolute atomic E-state index is 5.31. The number of benzene rings is 1. The number of rotatable bonds is 7. The zero-order chi connectivity index (χ0) is 20.1. The summed E-state index contributed by atoms with van der Waals surface area (Å²) in [7, 11) is 1.77. The summed E-state index contributed by atoms with van der Waals surface area (Å²) in [5, 5.41) is 15.1. The zero-order valence-electron chi connectivity index (χ0n) is 16.6. The van der Waals surface area contributed by atoms with Crippen LogP contribution in [0.4, 0.5) is 0 Å². The number of hydrogen-bond acceptors (Lipinski definition) is 4. The van der Waals surface area contributed by atoms with Gasteiger partial charge >= 0.3 is 0 Å². The third-order valence-electron chi connectivity index (χ3n) is 4.83. The number of hydrogen-bond donors (Lipinski definition) is 4. The Hall–Kier alpha value is -3.55. The molecule has 0 saturated heterocycles. The fourth-order valence-electron chi connectivity index (χ4n) is 3.41. The van der Waals surface area contributed by atoms with Gasteiger partial charge in [0.1, 0.15) is 5.82 Å². The largest absolute Gasteiger partial charge is 0.461 e. The highest BCUT2D eigenvalue weighted by Crippen LogP contribution is 2.22. The number of aromatic nitrogens is 4. The average molecular weight is 391 g/mol. The lowest BCUT2D eigenvalue weighted by molar-refractivity contribution is 0.577. The molecule has 0 aliphatic heterocycles. The molecule has 0 saturated carbocycles. The van der Waals surface area contributed by atoms with Crippen LogP contribution in [0.2, 0.25) is 0 Å². The number of guanidine groups is 1. The molecule has 1 aromatic carbocycles. The lowest BCUT2D eigenvalue weighted by atomic mass is 10.1. The van der Waals surface area contributed by atoms with Crippen LogP contribution in [0.15, 0.2) is 52.2 Å². The smallest absolute Gasteiger partial charge is 0.216 e. The van der Waals surface area contributed by atoms with Crippen molar-refractivity contribution in [3.8, 4) is 11.6 Å². The van der Waals surface area contributed by atoms with Gasteiger partial charge in [-0.25, -0.2) is 4.98 Å². The summed E-state index contributed by atoms with van der Waals surface area (Å²) in [4.78, 5) is 12.1. The van der Waals surface area contributed by atoms with E-state index >= 15 is 0 Å².